The summed E-state index contributed by atoms with van der Waals surface area (Å²) in [5, 5.41) is 3.28. The van der Waals surface area contributed by atoms with Crippen LogP contribution in [0.5, 0.6) is 11.5 Å². The fourth-order valence-electron chi connectivity index (χ4n) is 3.12. The molecule has 150 valence electrons. The Labute approximate surface area is 166 Å². The number of carbonyl (C=O) groups excluding carboxylic acids is 1. The highest BCUT2D eigenvalue weighted by Gasteiger charge is 2.22. The zero-order valence-electron chi connectivity index (χ0n) is 16.6. The van der Waals surface area contributed by atoms with Gasteiger partial charge in [0.05, 0.1) is 7.11 Å². The second-order valence-electron chi connectivity index (χ2n) is 6.61. The summed E-state index contributed by atoms with van der Waals surface area (Å²) in [6.07, 6.45) is 1.67. The molecule has 1 aliphatic rings. The minimum Gasteiger partial charge on any atom is -0.497 e. The summed E-state index contributed by atoms with van der Waals surface area (Å²) in [6.45, 7) is 7.65. The van der Waals surface area contributed by atoms with Crippen LogP contribution in [-0.4, -0.2) is 73.7 Å². The number of hydrogen-bond acceptors (Lipinski definition) is 6. The van der Waals surface area contributed by atoms with Gasteiger partial charge in [-0.2, -0.15) is 0 Å². The number of pyridine rings is 1. The summed E-state index contributed by atoms with van der Waals surface area (Å²) in [5.41, 5.74) is 1.34. The van der Waals surface area contributed by atoms with Crippen LogP contribution in [-0.2, 0) is 0 Å². The molecule has 3 rings (SSSR count). The number of ether oxygens (including phenoxy) is 2. The van der Waals surface area contributed by atoms with Crippen LogP contribution in [0.1, 0.15) is 17.4 Å². The van der Waals surface area contributed by atoms with Gasteiger partial charge in [0.15, 0.2) is 0 Å². The molecule has 0 bridgehead atoms. The Morgan fingerprint density at radius 1 is 1.11 bits per heavy atom. The van der Waals surface area contributed by atoms with Gasteiger partial charge < -0.3 is 24.6 Å². The van der Waals surface area contributed by atoms with Crippen molar-refractivity contribution in [1.82, 2.24) is 14.8 Å². The van der Waals surface area contributed by atoms with Crippen LogP contribution in [0.15, 0.2) is 42.6 Å². The molecule has 1 saturated heterocycles. The lowest BCUT2D eigenvalue weighted by Crippen LogP contribution is -2.48. The maximum absolute atomic E-state index is 12.7. The van der Waals surface area contributed by atoms with Crippen molar-refractivity contribution in [1.29, 1.82) is 0 Å². The molecule has 0 atom stereocenters. The number of amides is 1. The van der Waals surface area contributed by atoms with Crippen molar-refractivity contribution in [3.63, 3.8) is 0 Å². The van der Waals surface area contributed by atoms with Gasteiger partial charge in [0, 0.05) is 44.6 Å². The fraction of sp³-hybridized carbons (Fsp3) is 0.429. The van der Waals surface area contributed by atoms with E-state index in [1.807, 2.05) is 41.3 Å². The Hall–Kier alpha value is -2.80. The minimum atomic E-state index is -0.00566. The molecule has 1 aromatic heterocycles. The van der Waals surface area contributed by atoms with Crippen LogP contribution in [0.2, 0.25) is 0 Å². The van der Waals surface area contributed by atoms with Crippen molar-refractivity contribution in [2.75, 3.05) is 58.3 Å². The normalized spacial score (nSPS) is 14.6. The highest BCUT2D eigenvalue weighted by atomic mass is 16.5. The van der Waals surface area contributed by atoms with E-state index < -0.39 is 0 Å². The van der Waals surface area contributed by atoms with Crippen LogP contribution in [0, 0.1) is 0 Å². The van der Waals surface area contributed by atoms with E-state index in [4.69, 9.17) is 9.47 Å². The zero-order valence-corrected chi connectivity index (χ0v) is 16.6. The third-order valence-electron chi connectivity index (χ3n) is 4.85. The lowest BCUT2D eigenvalue weighted by atomic mass is 10.2. The van der Waals surface area contributed by atoms with E-state index in [0.29, 0.717) is 18.8 Å². The summed E-state index contributed by atoms with van der Waals surface area (Å²) in [7, 11) is 1.64. The molecule has 7 heteroatoms. The molecule has 0 aliphatic carbocycles. The van der Waals surface area contributed by atoms with Gasteiger partial charge in [-0.15, -0.1) is 0 Å². The minimum absolute atomic E-state index is 0.00566. The highest BCUT2D eigenvalue weighted by molar-refractivity contribution is 5.93. The fourth-order valence-corrected chi connectivity index (χ4v) is 3.12. The highest BCUT2D eigenvalue weighted by Crippen LogP contribution is 2.17. The average Bonchev–Trinajstić information content (AvgIpc) is 2.77. The summed E-state index contributed by atoms with van der Waals surface area (Å²) in [5.74, 6) is 1.59. The van der Waals surface area contributed by atoms with Gasteiger partial charge in [0.1, 0.15) is 23.8 Å². The average molecular weight is 384 g/mol. The second-order valence-corrected chi connectivity index (χ2v) is 6.61. The Kier molecular flexibility index (Phi) is 7.08. The molecule has 7 nitrogen and oxygen atoms in total. The summed E-state index contributed by atoms with van der Waals surface area (Å²) in [6, 6.07) is 11.1. The zero-order chi connectivity index (χ0) is 19.8. The molecular formula is C21H28N4O3. The van der Waals surface area contributed by atoms with Crippen molar-refractivity contribution in [2.45, 2.75) is 6.92 Å². The van der Waals surface area contributed by atoms with Crippen molar-refractivity contribution in [2.24, 2.45) is 0 Å². The van der Waals surface area contributed by atoms with Crippen molar-refractivity contribution in [3.8, 4) is 11.5 Å². The molecule has 0 unspecified atom stereocenters. The maximum Gasteiger partial charge on any atom is 0.272 e. The molecule has 28 heavy (non-hydrogen) atoms. The number of methoxy groups -OCH3 is 1. The summed E-state index contributed by atoms with van der Waals surface area (Å²) < 4.78 is 10.8. The molecule has 1 fully saturated rings. The van der Waals surface area contributed by atoms with Gasteiger partial charge in [-0.25, -0.2) is 0 Å². The van der Waals surface area contributed by atoms with E-state index in [0.717, 1.165) is 49.9 Å². The van der Waals surface area contributed by atoms with E-state index in [-0.39, 0.29) is 5.91 Å². The van der Waals surface area contributed by atoms with Crippen LogP contribution in [0.25, 0.3) is 0 Å². The molecule has 1 amide bonds. The first kappa shape index (κ1) is 19.9. The molecule has 0 spiro atoms. The van der Waals surface area contributed by atoms with E-state index in [1.54, 1.807) is 13.3 Å². The van der Waals surface area contributed by atoms with Crippen molar-refractivity contribution in [3.05, 3.63) is 48.3 Å². The number of nitrogens with one attached hydrogen (secondary N) is 1. The van der Waals surface area contributed by atoms with Gasteiger partial charge in [-0.1, -0.05) is 6.92 Å². The first-order valence-corrected chi connectivity index (χ1v) is 9.68. The molecular weight excluding hydrogens is 356 g/mol. The predicted molar refractivity (Wildman–Crippen MR) is 109 cm³/mol. The monoisotopic (exact) mass is 384 g/mol. The van der Waals surface area contributed by atoms with Crippen molar-refractivity contribution < 1.29 is 14.3 Å². The van der Waals surface area contributed by atoms with Crippen molar-refractivity contribution >= 4 is 11.6 Å². The van der Waals surface area contributed by atoms with Crippen LogP contribution < -0.4 is 14.8 Å². The number of rotatable bonds is 8. The van der Waals surface area contributed by atoms with E-state index in [2.05, 4.69) is 22.1 Å². The maximum atomic E-state index is 12.7. The van der Waals surface area contributed by atoms with E-state index >= 15 is 0 Å². The van der Waals surface area contributed by atoms with Crippen LogP contribution in [0.3, 0.4) is 0 Å². The van der Waals surface area contributed by atoms with Gasteiger partial charge in [0.2, 0.25) is 0 Å². The van der Waals surface area contributed by atoms with E-state index in [9.17, 15) is 4.79 Å². The molecule has 1 aliphatic heterocycles. The first-order valence-electron chi connectivity index (χ1n) is 9.68. The Bertz CT molecular complexity index is 759. The van der Waals surface area contributed by atoms with Gasteiger partial charge in [-0.3, -0.25) is 9.78 Å². The van der Waals surface area contributed by atoms with Gasteiger partial charge in [0.25, 0.3) is 5.91 Å². The quantitative estimate of drug-likeness (QED) is 0.705. The largest absolute Gasteiger partial charge is 0.497 e. The Morgan fingerprint density at radius 2 is 1.82 bits per heavy atom. The standard InChI is InChI=1S/C21H28N4O3/c1-3-24-11-13-25(14-12-24)21(26)20-16-17(8-9-23-20)22-10-15-28-19-6-4-18(27-2)5-7-19/h4-9,16H,3,10-15H2,1-2H3,(H,22,23). The molecule has 2 heterocycles. The summed E-state index contributed by atoms with van der Waals surface area (Å²) in [4.78, 5) is 21.2. The van der Waals surface area contributed by atoms with Crippen LogP contribution >= 0.6 is 0 Å². The summed E-state index contributed by atoms with van der Waals surface area (Å²) >= 11 is 0. The molecule has 1 aromatic carbocycles. The van der Waals surface area contributed by atoms with Crippen LogP contribution in [0.4, 0.5) is 5.69 Å². The lowest BCUT2D eigenvalue weighted by Gasteiger charge is -2.33. The topological polar surface area (TPSA) is 66.9 Å². The number of hydrogen-bond donors (Lipinski definition) is 1. The Morgan fingerprint density at radius 3 is 2.50 bits per heavy atom. The Balaban J connectivity index is 1.47. The SMILES string of the molecule is CCN1CCN(C(=O)c2cc(NCCOc3ccc(OC)cc3)ccn2)CC1. The molecule has 0 radical (unpaired) electrons. The predicted octanol–water partition coefficient (Wildman–Crippen LogP) is 2.36. The third-order valence-corrected chi connectivity index (χ3v) is 4.85. The number of aromatic nitrogens is 1. The molecule has 1 N–H and O–H groups in total. The number of carbonyl (C=O) groups is 1. The van der Waals surface area contributed by atoms with Gasteiger partial charge >= 0.3 is 0 Å². The van der Waals surface area contributed by atoms with E-state index in [1.165, 1.54) is 0 Å². The smallest absolute Gasteiger partial charge is 0.272 e. The number of nitrogens with zero attached hydrogens (tertiary/aromatic N) is 3. The lowest BCUT2D eigenvalue weighted by molar-refractivity contribution is 0.0637. The first-order chi connectivity index (χ1) is 13.7. The van der Waals surface area contributed by atoms with Gasteiger partial charge in [-0.05, 0) is 42.9 Å². The number of piperazine rings is 1. The number of anilines is 1. The molecule has 0 saturated carbocycles. The number of benzene rings is 1. The number of likely N-dealkylation sites (N-methyl/N-ethyl adjacent to an activating group) is 1. The third kappa shape index (κ3) is 5.36. The second kappa shape index (κ2) is 9.94. The molecule has 2 aromatic rings.